The molecule has 1 atom stereocenters. The van der Waals surface area contributed by atoms with Crippen LogP contribution in [0.15, 0.2) is 122 Å². The summed E-state index contributed by atoms with van der Waals surface area (Å²) < 4.78 is 16.7. The van der Waals surface area contributed by atoms with Gasteiger partial charge in [-0.25, -0.2) is 0 Å². The van der Waals surface area contributed by atoms with Crippen molar-refractivity contribution < 1.29 is 28.6 Å². The van der Waals surface area contributed by atoms with Crippen molar-refractivity contribution in [2.24, 2.45) is 0 Å². The predicted molar refractivity (Wildman–Crippen MR) is 288 cm³/mol. The normalized spacial score (nSPS) is 13.1. The third-order valence-corrected chi connectivity index (χ3v) is 11.0. The Bertz CT molecular complexity index is 1440. The van der Waals surface area contributed by atoms with Crippen LogP contribution in [0.5, 0.6) is 0 Å². The number of unbranched alkanes of at least 4 members (excludes halogenated alkanes) is 16. The second kappa shape index (κ2) is 54.4. The number of hydrogen-bond acceptors (Lipinski definition) is 6. The van der Waals surface area contributed by atoms with E-state index in [4.69, 9.17) is 14.2 Å². The molecule has 0 unspecified atom stereocenters. The maximum atomic E-state index is 12.8. The second-order valence-electron chi connectivity index (χ2n) is 17.4. The quantitative estimate of drug-likeness (QED) is 0.0262. The van der Waals surface area contributed by atoms with Crippen LogP contribution in [-0.4, -0.2) is 37.2 Å². The van der Waals surface area contributed by atoms with Crippen LogP contribution in [0.25, 0.3) is 0 Å². The van der Waals surface area contributed by atoms with E-state index < -0.39 is 6.10 Å². The molecule has 0 saturated carbocycles. The first-order valence-electron chi connectivity index (χ1n) is 27.0. The average Bonchev–Trinajstić information content (AvgIpc) is 3.33. The molecule has 0 aromatic heterocycles. The maximum Gasteiger partial charge on any atom is 0.306 e. The Hall–Kier alpha value is -4.19. The highest BCUT2D eigenvalue weighted by molar-refractivity contribution is 5.71. The molecule has 0 aromatic rings. The van der Waals surface area contributed by atoms with E-state index in [0.717, 1.165) is 116 Å². The van der Waals surface area contributed by atoms with Crippen molar-refractivity contribution in [2.75, 3.05) is 13.2 Å². The highest BCUT2D eigenvalue weighted by Gasteiger charge is 2.19. The van der Waals surface area contributed by atoms with E-state index >= 15 is 0 Å². The zero-order valence-electron chi connectivity index (χ0n) is 43.1. The molecule has 0 fully saturated rings. The second-order valence-corrected chi connectivity index (χ2v) is 17.4. The third-order valence-electron chi connectivity index (χ3n) is 11.0. The fraction of sp³-hybridized carbons (Fsp3) is 0.623. The van der Waals surface area contributed by atoms with Crippen LogP contribution in [0.4, 0.5) is 0 Å². The fourth-order valence-corrected chi connectivity index (χ4v) is 6.97. The summed E-state index contributed by atoms with van der Waals surface area (Å²) in [5, 5.41) is 0. The summed E-state index contributed by atoms with van der Waals surface area (Å²) >= 11 is 0. The van der Waals surface area contributed by atoms with Crippen molar-refractivity contribution in [3.8, 4) is 0 Å². The lowest BCUT2D eigenvalue weighted by molar-refractivity contribution is -0.167. The third kappa shape index (κ3) is 52.6. The minimum absolute atomic E-state index is 0.113. The molecule has 0 aliphatic heterocycles. The minimum Gasteiger partial charge on any atom is -0.462 e. The van der Waals surface area contributed by atoms with Crippen molar-refractivity contribution in [3.05, 3.63) is 122 Å². The summed E-state index contributed by atoms with van der Waals surface area (Å²) in [5.41, 5.74) is 0. The molecule has 67 heavy (non-hydrogen) atoms. The number of ether oxygens (including phenoxy) is 3. The van der Waals surface area contributed by atoms with E-state index in [0.29, 0.717) is 19.3 Å². The number of esters is 3. The SMILES string of the molecule is CC/C=C\C/C=C\C/C=C\C/C=C\C/C=C\CCCCCC(=O)OC[C@H](COC(=O)CCCCCCCCCCCCCCC)OC(=O)CCC/C=C\C/C=C\C/C=C\C/C=C\C/C=C\CC. The van der Waals surface area contributed by atoms with Crippen molar-refractivity contribution in [1.82, 2.24) is 0 Å². The van der Waals surface area contributed by atoms with E-state index in [9.17, 15) is 14.4 Å². The fourth-order valence-electron chi connectivity index (χ4n) is 6.97. The van der Waals surface area contributed by atoms with E-state index in [1.807, 2.05) is 0 Å². The molecule has 6 nitrogen and oxygen atoms in total. The molecule has 0 aliphatic carbocycles. The Kier molecular flexibility index (Phi) is 51.0. The Morgan fingerprint density at radius 1 is 0.313 bits per heavy atom. The van der Waals surface area contributed by atoms with Gasteiger partial charge >= 0.3 is 17.9 Å². The van der Waals surface area contributed by atoms with E-state index in [1.165, 1.54) is 64.2 Å². The largest absolute Gasteiger partial charge is 0.462 e. The highest BCUT2D eigenvalue weighted by Crippen LogP contribution is 2.14. The number of allylic oxidation sites excluding steroid dienone is 20. The molecular formula is C61H98O6. The molecule has 0 aliphatic rings. The number of carbonyl (C=O) groups excluding carboxylic acids is 3. The standard InChI is InChI=1S/C61H98O6/c1-4-7-10-13-16-19-22-25-27-29-30-32-33-36-39-42-45-48-51-54-60(63)66-57-58(56-65-59(62)53-50-47-44-41-38-35-24-21-18-15-12-9-6-3)67-61(64)55-52-49-46-43-40-37-34-31-28-26-23-20-17-14-11-8-5-2/h7-8,10-11,16-17,19-20,25-28,30,32,34,36-37,39,43,46,58H,4-6,9,12-15,18,21-24,29,31,33,35,38,40-42,44-45,47-57H2,1-3H3/b10-7-,11-8-,19-16-,20-17-,27-25-,28-26-,32-30-,37-34-,39-36-,46-43-/t58-/m0/s1. The summed E-state index contributed by atoms with van der Waals surface area (Å²) in [6.07, 6.45) is 74.7. The average molecular weight is 927 g/mol. The topological polar surface area (TPSA) is 78.9 Å². The first kappa shape index (κ1) is 62.8. The monoisotopic (exact) mass is 927 g/mol. The van der Waals surface area contributed by atoms with Crippen LogP contribution in [0.1, 0.15) is 226 Å². The van der Waals surface area contributed by atoms with Crippen molar-refractivity contribution >= 4 is 17.9 Å². The van der Waals surface area contributed by atoms with Gasteiger partial charge in [-0.1, -0.05) is 226 Å². The van der Waals surface area contributed by atoms with Crippen LogP contribution in [0.2, 0.25) is 0 Å². The van der Waals surface area contributed by atoms with Gasteiger partial charge in [-0.2, -0.15) is 0 Å². The van der Waals surface area contributed by atoms with Gasteiger partial charge < -0.3 is 14.2 Å². The van der Waals surface area contributed by atoms with Crippen LogP contribution < -0.4 is 0 Å². The van der Waals surface area contributed by atoms with E-state index in [2.05, 4.69) is 142 Å². The Balaban J connectivity index is 4.55. The zero-order valence-corrected chi connectivity index (χ0v) is 43.1. The van der Waals surface area contributed by atoms with Crippen LogP contribution >= 0.6 is 0 Å². The highest BCUT2D eigenvalue weighted by atomic mass is 16.6. The molecule has 378 valence electrons. The van der Waals surface area contributed by atoms with Gasteiger partial charge in [-0.15, -0.1) is 0 Å². The zero-order chi connectivity index (χ0) is 48.6. The van der Waals surface area contributed by atoms with Gasteiger partial charge in [-0.3, -0.25) is 14.4 Å². The molecule has 0 amide bonds. The molecule has 0 heterocycles. The first-order chi connectivity index (χ1) is 33.0. The summed E-state index contributed by atoms with van der Waals surface area (Å²) in [6, 6.07) is 0. The Morgan fingerprint density at radius 3 is 0.955 bits per heavy atom. The Labute approximate surface area is 412 Å². The lowest BCUT2D eigenvalue weighted by atomic mass is 10.0. The molecule has 0 bridgehead atoms. The maximum absolute atomic E-state index is 12.8. The van der Waals surface area contributed by atoms with Gasteiger partial charge in [-0.05, 0) is 103 Å². The summed E-state index contributed by atoms with van der Waals surface area (Å²) in [6.45, 7) is 6.32. The van der Waals surface area contributed by atoms with Gasteiger partial charge in [0.05, 0.1) is 0 Å². The molecule has 0 radical (unpaired) electrons. The van der Waals surface area contributed by atoms with Crippen LogP contribution in [0, 0.1) is 0 Å². The summed E-state index contributed by atoms with van der Waals surface area (Å²) in [7, 11) is 0. The first-order valence-corrected chi connectivity index (χ1v) is 27.0. The van der Waals surface area contributed by atoms with Crippen molar-refractivity contribution in [3.63, 3.8) is 0 Å². The van der Waals surface area contributed by atoms with Gasteiger partial charge in [0.1, 0.15) is 13.2 Å². The molecule has 6 heteroatoms. The van der Waals surface area contributed by atoms with Crippen molar-refractivity contribution in [2.45, 2.75) is 232 Å². The number of rotatable bonds is 47. The van der Waals surface area contributed by atoms with Gasteiger partial charge in [0.2, 0.25) is 0 Å². The lowest BCUT2D eigenvalue weighted by Crippen LogP contribution is -2.30. The Morgan fingerprint density at radius 2 is 0.597 bits per heavy atom. The smallest absolute Gasteiger partial charge is 0.306 e. The van der Waals surface area contributed by atoms with Gasteiger partial charge in [0.15, 0.2) is 6.10 Å². The van der Waals surface area contributed by atoms with Gasteiger partial charge in [0, 0.05) is 19.3 Å². The summed E-state index contributed by atoms with van der Waals surface area (Å²) in [5.74, 6) is -1.01. The van der Waals surface area contributed by atoms with Crippen LogP contribution in [-0.2, 0) is 28.6 Å². The predicted octanol–water partition coefficient (Wildman–Crippen LogP) is 18.1. The molecule has 0 spiro atoms. The molecule has 0 saturated heterocycles. The van der Waals surface area contributed by atoms with Crippen LogP contribution in [0.3, 0.4) is 0 Å². The van der Waals surface area contributed by atoms with E-state index in [1.54, 1.807) is 0 Å². The number of carbonyl (C=O) groups is 3. The summed E-state index contributed by atoms with van der Waals surface area (Å²) in [4.78, 5) is 38.0. The molecule has 0 N–H and O–H groups in total. The molecule has 0 rings (SSSR count). The molecular weight excluding hydrogens is 829 g/mol. The number of hydrogen-bond donors (Lipinski definition) is 0. The van der Waals surface area contributed by atoms with E-state index in [-0.39, 0.29) is 37.5 Å². The minimum atomic E-state index is -0.823. The lowest BCUT2D eigenvalue weighted by Gasteiger charge is -2.18. The molecule has 0 aromatic carbocycles. The van der Waals surface area contributed by atoms with Crippen molar-refractivity contribution in [1.29, 1.82) is 0 Å². The van der Waals surface area contributed by atoms with Gasteiger partial charge in [0.25, 0.3) is 0 Å².